The van der Waals surface area contributed by atoms with Crippen molar-refractivity contribution in [2.45, 2.75) is 19.9 Å². The van der Waals surface area contributed by atoms with Crippen LogP contribution in [0.5, 0.6) is 0 Å². The number of hydrogen-bond donors (Lipinski definition) is 1. The van der Waals surface area contributed by atoms with Crippen LogP contribution in [0.1, 0.15) is 25.5 Å². The quantitative estimate of drug-likeness (QED) is 0.747. The number of nitrogens with zero attached hydrogens (tertiary/aromatic N) is 1. The molecule has 1 rings (SSSR count). The van der Waals surface area contributed by atoms with Crippen molar-refractivity contribution < 1.29 is 0 Å². The van der Waals surface area contributed by atoms with Crippen molar-refractivity contribution in [2.75, 3.05) is 18.0 Å². The van der Waals surface area contributed by atoms with Crippen LogP contribution in [0.15, 0.2) is 36.9 Å². The largest absolute Gasteiger partial charge is 0.368 e. The fraction of sp³-hybridized carbons (Fsp3) is 0.385. The van der Waals surface area contributed by atoms with Crippen molar-refractivity contribution in [1.29, 1.82) is 0 Å². The lowest BCUT2D eigenvalue weighted by atomic mass is 10.1. The summed E-state index contributed by atoms with van der Waals surface area (Å²) in [6.45, 7) is 9.77. The van der Waals surface area contributed by atoms with Gasteiger partial charge in [-0.05, 0) is 31.5 Å². The Morgan fingerprint density at radius 1 is 1.40 bits per heavy atom. The monoisotopic (exact) mass is 204 g/mol. The lowest BCUT2D eigenvalue weighted by molar-refractivity contribution is 0.816. The Hall–Kier alpha value is -1.28. The molecule has 0 spiro atoms. The minimum atomic E-state index is 0.105. The molecule has 0 amide bonds. The highest BCUT2D eigenvalue weighted by atomic mass is 15.1. The molecule has 1 aromatic rings. The smallest absolute Gasteiger partial charge is 0.0369 e. The van der Waals surface area contributed by atoms with Crippen LogP contribution in [0.2, 0.25) is 0 Å². The minimum Gasteiger partial charge on any atom is -0.368 e. The summed E-state index contributed by atoms with van der Waals surface area (Å²) < 4.78 is 0. The highest BCUT2D eigenvalue weighted by Crippen LogP contribution is 2.17. The Morgan fingerprint density at radius 3 is 2.40 bits per heavy atom. The van der Waals surface area contributed by atoms with Crippen molar-refractivity contribution in [3.05, 3.63) is 42.5 Å². The second kappa shape index (κ2) is 5.56. The van der Waals surface area contributed by atoms with Crippen LogP contribution in [0.25, 0.3) is 0 Å². The molecule has 0 bridgehead atoms. The normalized spacial score (nSPS) is 12.2. The zero-order valence-electron chi connectivity index (χ0n) is 9.61. The highest BCUT2D eigenvalue weighted by molar-refractivity contribution is 5.48. The van der Waals surface area contributed by atoms with E-state index in [1.165, 1.54) is 11.3 Å². The van der Waals surface area contributed by atoms with Crippen LogP contribution in [-0.2, 0) is 0 Å². The fourth-order valence-electron chi connectivity index (χ4n) is 1.56. The van der Waals surface area contributed by atoms with E-state index in [1.54, 1.807) is 0 Å². The van der Waals surface area contributed by atoms with E-state index in [1.807, 2.05) is 13.0 Å². The molecule has 82 valence electrons. The standard InChI is InChI=1S/C13H20N2/c1-4-10-15(5-2)13-8-6-12(7-9-13)11(3)14/h4,6-9,11H,1,5,10,14H2,2-3H3/t11-/m0/s1. The van der Waals surface area contributed by atoms with Crippen molar-refractivity contribution in [3.63, 3.8) is 0 Å². The Bertz CT molecular complexity index is 301. The third-order valence-corrected chi connectivity index (χ3v) is 2.52. The van der Waals surface area contributed by atoms with Crippen LogP contribution >= 0.6 is 0 Å². The summed E-state index contributed by atoms with van der Waals surface area (Å²) in [7, 11) is 0. The van der Waals surface area contributed by atoms with Crippen molar-refractivity contribution in [3.8, 4) is 0 Å². The highest BCUT2D eigenvalue weighted by Gasteiger charge is 2.03. The first kappa shape index (κ1) is 11.8. The third-order valence-electron chi connectivity index (χ3n) is 2.52. The van der Waals surface area contributed by atoms with Gasteiger partial charge in [-0.1, -0.05) is 18.2 Å². The van der Waals surface area contributed by atoms with E-state index in [9.17, 15) is 0 Å². The van der Waals surface area contributed by atoms with Crippen LogP contribution < -0.4 is 10.6 Å². The zero-order chi connectivity index (χ0) is 11.3. The van der Waals surface area contributed by atoms with Gasteiger partial charge < -0.3 is 10.6 Å². The number of benzene rings is 1. The molecule has 2 nitrogen and oxygen atoms in total. The van der Waals surface area contributed by atoms with Crippen LogP contribution in [0.3, 0.4) is 0 Å². The van der Waals surface area contributed by atoms with E-state index >= 15 is 0 Å². The molecule has 0 aliphatic heterocycles. The summed E-state index contributed by atoms with van der Waals surface area (Å²) in [6, 6.07) is 8.52. The van der Waals surface area contributed by atoms with E-state index in [0.29, 0.717) is 0 Å². The van der Waals surface area contributed by atoms with E-state index in [0.717, 1.165) is 13.1 Å². The van der Waals surface area contributed by atoms with Crippen molar-refractivity contribution >= 4 is 5.69 Å². The predicted molar refractivity (Wildman–Crippen MR) is 67.1 cm³/mol. The number of likely N-dealkylation sites (N-methyl/N-ethyl adjacent to an activating group) is 1. The molecule has 0 fully saturated rings. The van der Waals surface area contributed by atoms with Gasteiger partial charge >= 0.3 is 0 Å². The second-order valence-electron chi connectivity index (χ2n) is 3.71. The van der Waals surface area contributed by atoms with Gasteiger partial charge in [-0.25, -0.2) is 0 Å². The van der Waals surface area contributed by atoms with Crippen LogP contribution in [0, 0.1) is 0 Å². The maximum absolute atomic E-state index is 5.80. The van der Waals surface area contributed by atoms with E-state index in [2.05, 4.69) is 42.7 Å². The SMILES string of the molecule is C=CCN(CC)c1ccc([C@H](C)N)cc1. The van der Waals surface area contributed by atoms with Gasteiger partial charge in [0.2, 0.25) is 0 Å². The van der Waals surface area contributed by atoms with E-state index in [4.69, 9.17) is 5.73 Å². The number of anilines is 1. The predicted octanol–water partition coefficient (Wildman–Crippen LogP) is 2.72. The summed E-state index contributed by atoms with van der Waals surface area (Å²) in [4.78, 5) is 2.26. The number of rotatable bonds is 5. The molecular weight excluding hydrogens is 184 g/mol. The van der Waals surface area contributed by atoms with Crippen molar-refractivity contribution in [2.24, 2.45) is 5.73 Å². The van der Waals surface area contributed by atoms with E-state index < -0.39 is 0 Å². The van der Waals surface area contributed by atoms with E-state index in [-0.39, 0.29) is 6.04 Å². The maximum atomic E-state index is 5.80. The molecule has 0 aliphatic carbocycles. The molecule has 0 saturated carbocycles. The Kier molecular flexibility index (Phi) is 4.37. The molecule has 0 aromatic heterocycles. The lowest BCUT2D eigenvalue weighted by Crippen LogP contribution is -2.22. The molecule has 0 radical (unpaired) electrons. The summed E-state index contributed by atoms with van der Waals surface area (Å²) >= 11 is 0. The van der Waals surface area contributed by atoms with Crippen LogP contribution in [0.4, 0.5) is 5.69 Å². The van der Waals surface area contributed by atoms with Gasteiger partial charge in [0.25, 0.3) is 0 Å². The zero-order valence-corrected chi connectivity index (χ0v) is 9.61. The van der Waals surface area contributed by atoms with Gasteiger partial charge in [-0.3, -0.25) is 0 Å². The topological polar surface area (TPSA) is 29.3 Å². The molecule has 0 aliphatic rings. The average molecular weight is 204 g/mol. The summed E-state index contributed by atoms with van der Waals surface area (Å²) in [5, 5.41) is 0. The Balaban J connectivity index is 2.81. The molecule has 0 unspecified atom stereocenters. The Labute approximate surface area is 92.4 Å². The summed E-state index contributed by atoms with van der Waals surface area (Å²) in [5.41, 5.74) is 8.20. The minimum absolute atomic E-state index is 0.105. The first-order valence-corrected chi connectivity index (χ1v) is 5.40. The molecule has 15 heavy (non-hydrogen) atoms. The third kappa shape index (κ3) is 3.10. The number of nitrogens with two attached hydrogens (primary N) is 1. The van der Waals surface area contributed by atoms with Crippen LogP contribution in [-0.4, -0.2) is 13.1 Å². The second-order valence-corrected chi connectivity index (χ2v) is 3.71. The van der Waals surface area contributed by atoms with Gasteiger partial charge in [-0.2, -0.15) is 0 Å². The molecule has 1 atom stereocenters. The number of hydrogen-bond acceptors (Lipinski definition) is 2. The summed E-state index contributed by atoms with van der Waals surface area (Å²) in [6.07, 6.45) is 1.92. The van der Waals surface area contributed by atoms with Gasteiger partial charge in [0.1, 0.15) is 0 Å². The lowest BCUT2D eigenvalue weighted by Gasteiger charge is -2.21. The molecule has 1 aromatic carbocycles. The summed E-state index contributed by atoms with van der Waals surface area (Å²) in [5.74, 6) is 0. The van der Waals surface area contributed by atoms with Crippen molar-refractivity contribution in [1.82, 2.24) is 0 Å². The Morgan fingerprint density at radius 2 is 2.00 bits per heavy atom. The van der Waals surface area contributed by atoms with Gasteiger partial charge in [0, 0.05) is 24.8 Å². The first-order valence-electron chi connectivity index (χ1n) is 5.40. The molecule has 2 N–H and O–H groups in total. The van der Waals surface area contributed by atoms with Gasteiger partial charge in [0.05, 0.1) is 0 Å². The van der Waals surface area contributed by atoms with Gasteiger partial charge in [-0.15, -0.1) is 6.58 Å². The average Bonchev–Trinajstić information content (AvgIpc) is 2.26. The fourth-order valence-corrected chi connectivity index (χ4v) is 1.56. The first-order chi connectivity index (χ1) is 7.19. The molecule has 0 saturated heterocycles. The molecular formula is C13H20N2. The maximum Gasteiger partial charge on any atom is 0.0369 e. The molecule has 0 heterocycles. The van der Waals surface area contributed by atoms with Gasteiger partial charge in [0.15, 0.2) is 0 Å². The molecule has 2 heteroatoms.